The number of aryl methyl sites for hydroxylation is 1. The van der Waals surface area contributed by atoms with Gasteiger partial charge in [0.1, 0.15) is 29.1 Å². The van der Waals surface area contributed by atoms with Gasteiger partial charge in [0.05, 0.1) is 5.38 Å². The van der Waals surface area contributed by atoms with Crippen molar-refractivity contribution in [1.82, 2.24) is 0 Å². The van der Waals surface area contributed by atoms with Crippen molar-refractivity contribution in [3.8, 4) is 0 Å². The van der Waals surface area contributed by atoms with Crippen LogP contribution in [-0.4, -0.2) is 0 Å². The minimum atomic E-state index is -1.53. The van der Waals surface area contributed by atoms with Crippen molar-refractivity contribution < 1.29 is 22.0 Å². The summed E-state index contributed by atoms with van der Waals surface area (Å²) in [7, 11) is 0. The van der Waals surface area contributed by atoms with Crippen LogP contribution in [0.15, 0.2) is 24.3 Å². The minimum Gasteiger partial charge on any atom is -0.207 e. The molecule has 106 valence electrons. The highest BCUT2D eigenvalue weighted by Crippen LogP contribution is 2.35. The summed E-state index contributed by atoms with van der Waals surface area (Å²) in [4.78, 5) is 0. The molecule has 0 bridgehead atoms. The summed E-state index contributed by atoms with van der Waals surface area (Å²) in [6.45, 7) is 1.36. The maximum Gasteiger partial charge on any atom is 0.134 e. The van der Waals surface area contributed by atoms with Crippen LogP contribution in [-0.2, 0) is 0 Å². The molecule has 0 heterocycles. The lowest BCUT2D eigenvalue weighted by Crippen LogP contribution is -2.05. The van der Waals surface area contributed by atoms with Crippen molar-refractivity contribution in [2.45, 2.75) is 12.3 Å². The molecule has 0 saturated heterocycles. The molecule has 20 heavy (non-hydrogen) atoms. The molecule has 2 rings (SSSR count). The molecular weight excluding hydrogens is 299 g/mol. The first-order valence-electron chi connectivity index (χ1n) is 5.55. The van der Waals surface area contributed by atoms with E-state index in [2.05, 4.69) is 0 Å². The van der Waals surface area contributed by atoms with Gasteiger partial charge in [0.2, 0.25) is 0 Å². The molecule has 0 aliphatic heterocycles. The Morgan fingerprint density at radius 2 is 1.35 bits per heavy atom. The van der Waals surface area contributed by atoms with Gasteiger partial charge in [-0.1, -0.05) is 0 Å². The maximum absolute atomic E-state index is 13.7. The fourth-order valence-corrected chi connectivity index (χ4v) is 2.20. The molecule has 0 fully saturated rings. The van der Waals surface area contributed by atoms with E-state index in [1.54, 1.807) is 0 Å². The molecule has 0 nitrogen and oxygen atoms in total. The van der Waals surface area contributed by atoms with Crippen LogP contribution in [0, 0.1) is 36.0 Å². The SMILES string of the molecule is Cc1cc(C(Cl)c2c(F)cc(F)cc2F)c(F)cc1F. The van der Waals surface area contributed by atoms with Crippen molar-refractivity contribution in [2.24, 2.45) is 0 Å². The van der Waals surface area contributed by atoms with Gasteiger partial charge in [0.15, 0.2) is 0 Å². The lowest BCUT2D eigenvalue weighted by Gasteiger charge is -2.14. The Labute approximate surface area is 116 Å². The molecule has 1 atom stereocenters. The second-order valence-corrected chi connectivity index (χ2v) is 4.71. The van der Waals surface area contributed by atoms with Crippen LogP contribution in [0.2, 0.25) is 0 Å². The van der Waals surface area contributed by atoms with Crippen LogP contribution in [0.4, 0.5) is 22.0 Å². The molecule has 2 aromatic carbocycles. The Balaban J connectivity index is 2.57. The Morgan fingerprint density at radius 3 is 1.90 bits per heavy atom. The van der Waals surface area contributed by atoms with Crippen LogP contribution < -0.4 is 0 Å². The normalized spacial score (nSPS) is 12.6. The van der Waals surface area contributed by atoms with E-state index in [4.69, 9.17) is 11.6 Å². The van der Waals surface area contributed by atoms with Crippen molar-refractivity contribution in [2.75, 3.05) is 0 Å². The quantitative estimate of drug-likeness (QED) is 0.540. The average Bonchev–Trinajstić information content (AvgIpc) is 2.32. The zero-order valence-electron chi connectivity index (χ0n) is 10.2. The van der Waals surface area contributed by atoms with Crippen LogP contribution in [0.3, 0.4) is 0 Å². The van der Waals surface area contributed by atoms with Gasteiger partial charge >= 0.3 is 0 Å². The van der Waals surface area contributed by atoms with Crippen molar-refractivity contribution in [3.63, 3.8) is 0 Å². The largest absolute Gasteiger partial charge is 0.207 e. The highest BCUT2D eigenvalue weighted by Gasteiger charge is 2.24. The van der Waals surface area contributed by atoms with Gasteiger partial charge in [0, 0.05) is 29.3 Å². The van der Waals surface area contributed by atoms with Gasteiger partial charge in [-0.3, -0.25) is 0 Å². The van der Waals surface area contributed by atoms with Crippen LogP contribution in [0.5, 0.6) is 0 Å². The molecular formula is C14H8ClF5. The number of alkyl halides is 1. The summed E-state index contributed by atoms with van der Waals surface area (Å²) in [6, 6.07) is 2.54. The van der Waals surface area contributed by atoms with Crippen molar-refractivity contribution >= 4 is 11.6 Å². The summed E-state index contributed by atoms with van der Waals surface area (Å²) in [5.74, 6) is -5.40. The van der Waals surface area contributed by atoms with Gasteiger partial charge < -0.3 is 0 Å². The van der Waals surface area contributed by atoms with E-state index in [0.717, 1.165) is 6.07 Å². The third-order valence-corrected chi connectivity index (χ3v) is 3.30. The molecule has 6 heteroatoms. The molecule has 0 radical (unpaired) electrons. The number of rotatable bonds is 2. The number of benzene rings is 2. The van der Waals surface area contributed by atoms with Crippen molar-refractivity contribution in [1.29, 1.82) is 0 Å². The maximum atomic E-state index is 13.7. The van der Waals surface area contributed by atoms with E-state index in [1.807, 2.05) is 0 Å². The van der Waals surface area contributed by atoms with E-state index in [-0.39, 0.29) is 11.1 Å². The molecule has 0 aliphatic rings. The third kappa shape index (κ3) is 2.63. The molecule has 0 N–H and O–H groups in total. The van der Waals surface area contributed by atoms with E-state index >= 15 is 0 Å². The smallest absolute Gasteiger partial charge is 0.134 e. The van der Waals surface area contributed by atoms with Gasteiger partial charge in [-0.05, 0) is 18.6 Å². The summed E-state index contributed by atoms with van der Waals surface area (Å²) >= 11 is 5.86. The van der Waals surface area contributed by atoms with Gasteiger partial charge in [-0.15, -0.1) is 11.6 Å². The summed E-state index contributed by atoms with van der Waals surface area (Å²) < 4.78 is 66.8. The second kappa shape index (κ2) is 5.40. The van der Waals surface area contributed by atoms with E-state index in [9.17, 15) is 22.0 Å². The van der Waals surface area contributed by atoms with Crippen LogP contribution in [0.1, 0.15) is 22.1 Å². The summed E-state index contributed by atoms with van der Waals surface area (Å²) in [6.07, 6.45) is 0. The van der Waals surface area contributed by atoms with E-state index in [0.29, 0.717) is 18.2 Å². The molecule has 0 aliphatic carbocycles. The highest BCUT2D eigenvalue weighted by atomic mass is 35.5. The Bertz CT molecular complexity index is 646. The lowest BCUT2D eigenvalue weighted by molar-refractivity contribution is 0.522. The first-order chi connectivity index (χ1) is 9.31. The zero-order valence-corrected chi connectivity index (χ0v) is 10.9. The Kier molecular flexibility index (Phi) is 3.99. The standard InChI is InChI=1S/C14H8ClF5/c1-6-2-8(10(18)5-9(6)17)14(15)13-11(19)3-7(16)4-12(13)20/h2-5,14H,1H3. The predicted octanol–water partition coefficient (Wildman–Crippen LogP) is 5.02. The predicted molar refractivity (Wildman–Crippen MR) is 65.1 cm³/mol. The molecule has 0 saturated carbocycles. The van der Waals surface area contributed by atoms with E-state index in [1.165, 1.54) is 6.92 Å². The monoisotopic (exact) mass is 306 g/mol. The second-order valence-electron chi connectivity index (χ2n) is 4.27. The first kappa shape index (κ1) is 14.8. The topological polar surface area (TPSA) is 0 Å². The first-order valence-corrected chi connectivity index (χ1v) is 5.99. The summed E-state index contributed by atoms with van der Waals surface area (Å²) in [5, 5.41) is -1.53. The highest BCUT2D eigenvalue weighted by molar-refractivity contribution is 6.22. The van der Waals surface area contributed by atoms with Crippen LogP contribution in [0.25, 0.3) is 0 Å². The third-order valence-electron chi connectivity index (χ3n) is 2.85. The zero-order chi connectivity index (χ0) is 15.0. The fraction of sp³-hybridized carbons (Fsp3) is 0.143. The van der Waals surface area contributed by atoms with Gasteiger partial charge in [-0.25, -0.2) is 22.0 Å². The molecule has 0 spiro atoms. The number of hydrogen-bond acceptors (Lipinski definition) is 0. The molecule has 2 aromatic rings. The van der Waals surface area contributed by atoms with Crippen molar-refractivity contribution in [3.05, 3.63) is 70.0 Å². The Hall–Kier alpha value is -1.62. The minimum absolute atomic E-state index is 0.0787. The fourth-order valence-electron chi connectivity index (χ4n) is 1.82. The number of halogens is 6. The molecule has 0 aromatic heterocycles. The van der Waals surface area contributed by atoms with Gasteiger partial charge in [0.25, 0.3) is 0 Å². The molecule has 1 unspecified atom stereocenters. The summed E-state index contributed by atoms with van der Waals surface area (Å²) in [5.41, 5.74) is -0.886. The van der Waals surface area contributed by atoms with E-state index < -0.39 is 40.0 Å². The average molecular weight is 307 g/mol. The molecule has 0 amide bonds. The van der Waals surface area contributed by atoms with Crippen LogP contribution >= 0.6 is 11.6 Å². The number of hydrogen-bond donors (Lipinski definition) is 0. The Morgan fingerprint density at radius 1 is 0.800 bits per heavy atom. The van der Waals surface area contributed by atoms with Gasteiger partial charge in [-0.2, -0.15) is 0 Å². The lowest BCUT2D eigenvalue weighted by atomic mass is 10.0.